The molecule has 0 radical (unpaired) electrons. The van der Waals surface area contributed by atoms with Crippen molar-refractivity contribution in [3.63, 3.8) is 0 Å². The van der Waals surface area contributed by atoms with Crippen molar-refractivity contribution in [3.8, 4) is 17.6 Å². The van der Waals surface area contributed by atoms with Crippen molar-refractivity contribution in [3.05, 3.63) is 58.7 Å². The smallest absolute Gasteiger partial charge is 0.133 e. The minimum atomic E-state index is 0.0614. The first-order valence-corrected chi connectivity index (χ1v) is 7.37. The van der Waals surface area contributed by atoms with Gasteiger partial charge in [0.2, 0.25) is 0 Å². The van der Waals surface area contributed by atoms with Crippen molar-refractivity contribution in [2.45, 2.75) is 0 Å². The van der Waals surface area contributed by atoms with Crippen LogP contribution in [0.15, 0.2) is 42.7 Å². The number of ether oxygens (including phenoxy) is 1. The van der Waals surface area contributed by atoms with E-state index in [0.717, 1.165) is 31.8 Å². The molecule has 3 aromatic rings. The second-order valence-electron chi connectivity index (χ2n) is 4.60. The Morgan fingerprint density at radius 2 is 2.18 bits per heavy atom. The van der Waals surface area contributed by atoms with Crippen LogP contribution >= 0.6 is 11.3 Å². The fraction of sp³-hybridized carbons (Fsp3) is 0.0588. The van der Waals surface area contributed by atoms with Crippen LogP contribution in [0.1, 0.15) is 16.0 Å². The molecule has 0 aliphatic heterocycles. The second-order valence-corrected chi connectivity index (χ2v) is 5.69. The molecule has 22 heavy (non-hydrogen) atoms. The molecule has 0 saturated heterocycles. The molecular weight excluding hydrogens is 294 g/mol. The number of nitrogens with zero attached hydrogens (tertiary/aromatic N) is 1. The Balaban J connectivity index is 2.15. The molecule has 0 saturated carbocycles. The number of benzene rings is 1. The number of amidine groups is 1. The number of thiophene rings is 1. The third-order valence-electron chi connectivity index (χ3n) is 3.12. The molecule has 0 spiro atoms. The summed E-state index contributed by atoms with van der Waals surface area (Å²) >= 11 is 1.46. The average Bonchev–Trinajstić information content (AvgIpc) is 2.97. The predicted molar refractivity (Wildman–Crippen MR) is 89.6 cm³/mol. The highest BCUT2D eigenvalue weighted by Crippen LogP contribution is 2.32. The van der Waals surface area contributed by atoms with Crippen LogP contribution in [-0.2, 0) is 0 Å². The van der Waals surface area contributed by atoms with Crippen LogP contribution < -0.4 is 10.5 Å². The standard InChI is InChI=1S/C17H13N3OS/c1-21-13-7-12(5-4-11-3-2-6-20-10-11)14-9-16(17(18)19)22-15(14)8-13/h2-3,6-10H,1H3,(H3,18,19). The number of pyridine rings is 1. The van der Waals surface area contributed by atoms with E-state index in [2.05, 4.69) is 16.8 Å². The van der Waals surface area contributed by atoms with Crippen LogP contribution in [0, 0.1) is 17.3 Å². The Morgan fingerprint density at radius 1 is 1.32 bits per heavy atom. The van der Waals surface area contributed by atoms with Crippen LogP contribution in [0.5, 0.6) is 5.75 Å². The van der Waals surface area contributed by atoms with Gasteiger partial charge < -0.3 is 10.5 Å². The molecule has 0 atom stereocenters. The van der Waals surface area contributed by atoms with Gasteiger partial charge in [0.1, 0.15) is 11.6 Å². The summed E-state index contributed by atoms with van der Waals surface area (Å²) in [5.41, 5.74) is 7.28. The first kappa shape index (κ1) is 14.1. The Hall–Kier alpha value is -2.84. The van der Waals surface area contributed by atoms with Gasteiger partial charge >= 0.3 is 0 Å². The fourth-order valence-electron chi connectivity index (χ4n) is 2.04. The minimum absolute atomic E-state index is 0.0614. The molecule has 5 heteroatoms. The highest BCUT2D eigenvalue weighted by molar-refractivity contribution is 7.20. The second kappa shape index (κ2) is 5.88. The van der Waals surface area contributed by atoms with Crippen LogP contribution in [0.25, 0.3) is 10.1 Å². The van der Waals surface area contributed by atoms with Crippen LogP contribution in [0.4, 0.5) is 0 Å². The third-order valence-corrected chi connectivity index (χ3v) is 4.23. The van der Waals surface area contributed by atoms with Crippen molar-refractivity contribution in [1.29, 1.82) is 5.41 Å². The van der Waals surface area contributed by atoms with Crippen molar-refractivity contribution in [2.75, 3.05) is 7.11 Å². The van der Waals surface area contributed by atoms with Crippen molar-refractivity contribution in [1.82, 2.24) is 4.98 Å². The van der Waals surface area contributed by atoms with E-state index in [1.165, 1.54) is 11.3 Å². The lowest BCUT2D eigenvalue weighted by atomic mass is 10.1. The summed E-state index contributed by atoms with van der Waals surface area (Å²) in [5.74, 6) is 7.05. The Morgan fingerprint density at radius 3 is 2.86 bits per heavy atom. The number of hydrogen-bond donors (Lipinski definition) is 2. The number of nitrogen functional groups attached to an aromatic ring is 1. The number of hydrogen-bond acceptors (Lipinski definition) is 4. The molecule has 2 heterocycles. The number of fused-ring (bicyclic) bond motifs is 1. The molecule has 2 aromatic heterocycles. The maximum Gasteiger partial charge on any atom is 0.133 e. The topological polar surface area (TPSA) is 72.0 Å². The van der Waals surface area contributed by atoms with Crippen molar-refractivity contribution >= 4 is 27.3 Å². The van der Waals surface area contributed by atoms with Gasteiger partial charge in [0.15, 0.2) is 0 Å². The summed E-state index contributed by atoms with van der Waals surface area (Å²) in [4.78, 5) is 4.78. The van der Waals surface area contributed by atoms with Gasteiger partial charge in [-0.25, -0.2) is 0 Å². The summed E-state index contributed by atoms with van der Waals surface area (Å²) < 4.78 is 6.33. The van der Waals surface area contributed by atoms with E-state index in [-0.39, 0.29) is 5.84 Å². The van der Waals surface area contributed by atoms with Gasteiger partial charge in [0.25, 0.3) is 0 Å². The van der Waals surface area contributed by atoms with Crippen LogP contribution in [0.3, 0.4) is 0 Å². The van der Waals surface area contributed by atoms with E-state index in [0.29, 0.717) is 0 Å². The summed E-state index contributed by atoms with van der Waals surface area (Å²) in [6.07, 6.45) is 3.44. The molecule has 0 aliphatic carbocycles. The molecule has 0 aliphatic rings. The first-order valence-electron chi connectivity index (χ1n) is 6.55. The monoisotopic (exact) mass is 307 g/mol. The number of nitrogens with two attached hydrogens (primary N) is 1. The van der Waals surface area contributed by atoms with E-state index in [4.69, 9.17) is 15.9 Å². The van der Waals surface area contributed by atoms with Gasteiger partial charge in [0.05, 0.1) is 12.0 Å². The molecule has 108 valence electrons. The normalized spacial score (nSPS) is 10.0. The highest BCUT2D eigenvalue weighted by atomic mass is 32.1. The van der Waals surface area contributed by atoms with Crippen molar-refractivity contribution < 1.29 is 4.74 Å². The van der Waals surface area contributed by atoms with Gasteiger partial charge in [-0.15, -0.1) is 11.3 Å². The lowest BCUT2D eigenvalue weighted by Crippen LogP contribution is -2.08. The average molecular weight is 307 g/mol. The van der Waals surface area contributed by atoms with Gasteiger partial charge in [-0.05, 0) is 30.3 Å². The first-order chi connectivity index (χ1) is 10.7. The van der Waals surface area contributed by atoms with Gasteiger partial charge in [-0.2, -0.15) is 0 Å². The zero-order chi connectivity index (χ0) is 15.5. The van der Waals surface area contributed by atoms with E-state index in [1.807, 2.05) is 30.3 Å². The molecular formula is C17H13N3OS. The van der Waals surface area contributed by atoms with E-state index >= 15 is 0 Å². The maximum atomic E-state index is 7.59. The third kappa shape index (κ3) is 2.78. The van der Waals surface area contributed by atoms with Gasteiger partial charge in [0, 0.05) is 33.6 Å². The number of rotatable bonds is 2. The van der Waals surface area contributed by atoms with E-state index in [1.54, 1.807) is 19.5 Å². The number of methoxy groups -OCH3 is 1. The minimum Gasteiger partial charge on any atom is -0.497 e. The zero-order valence-electron chi connectivity index (χ0n) is 11.9. The predicted octanol–water partition coefficient (Wildman–Crippen LogP) is 2.99. The molecule has 4 nitrogen and oxygen atoms in total. The molecule has 0 fully saturated rings. The Labute approximate surface area is 132 Å². The molecule has 0 amide bonds. The highest BCUT2D eigenvalue weighted by Gasteiger charge is 2.09. The summed E-state index contributed by atoms with van der Waals surface area (Å²) in [7, 11) is 1.62. The van der Waals surface area contributed by atoms with Crippen LogP contribution in [0.2, 0.25) is 0 Å². The van der Waals surface area contributed by atoms with Crippen LogP contribution in [-0.4, -0.2) is 17.9 Å². The largest absolute Gasteiger partial charge is 0.497 e. The van der Waals surface area contributed by atoms with Gasteiger partial charge in [-0.3, -0.25) is 10.4 Å². The summed E-state index contributed by atoms with van der Waals surface area (Å²) in [5, 5.41) is 8.57. The quantitative estimate of drug-likeness (QED) is 0.434. The van der Waals surface area contributed by atoms with E-state index in [9.17, 15) is 0 Å². The van der Waals surface area contributed by atoms with Crippen molar-refractivity contribution in [2.24, 2.45) is 5.73 Å². The molecule has 3 rings (SSSR count). The molecule has 1 aromatic carbocycles. The zero-order valence-corrected chi connectivity index (χ0v) is 12.7. The lowest BCUT2D eigenvalue weighted by molar-refractivity contribution is 0.415. The Kier molecular flexibility index (Phi) is 3.77. The SMILES string of the molecule is COc1cc(C#Cc2cccnc2)c2cc(C(=N)N)sc2c1. The molecule has 3 N–H and O–H groups in total. The lowest BCUT2D eigenvalue weighted by Gasteiger charge is -2.01. The number of aromatic nitrogens is 1. The molecule has 0 bridgehead atoms. The maximum absolute atomic E-state index is 7.59. The number of nitrogens with one attached hydrogen (secondary N) is 1. The molecule has 0 unspecified atom stereocenters. The fourth-order valence-corrected chi connectivity index (χ4v) is 3.02. The summed E-state index contributed by atoms with van der Waals surface area (Å²) in [6, 6.07) is 9.48. The Bertz CT molecular complexity index is 904. The summed E-state index contributed by atoms with van der Waals surface area (Å²) in [6.45, 7) is 0. The van der Waals surface area contributed by atoms with E-state index < -0.39 is 0 Å². The van der Waals surface area contributed by atoms with Gasteiger partial charge in [-0.1, -0.05) is 11.8 Å².